The highest BCUT2D eigenvalue weighted by molar-refractivity contribution is 5.88. The van der Waals surface area contributed by atoms with Crippen LogP contribution < -0.4 is 11.1 Å². The Bertz CT molecular complexity index is 737. The zero-order valence-electron chi connectivity index (χ0n) is 12.7. The number of nitrogens with zero attached hydrogens (tertiary/aromatic N) is 1. The number of aromatic nitrogens is 1. The van der Waals surface area contributed by atoms with Gasteiger partial charge in [0, 0.05) is 23.1 Å². The monoisotopic (exact) mass is 300 g/mol. The van der Waals surface area contributed by atoms with Gasteiger partial charge in [-0.2, -0.15) is 0 Å². The van der Waals surface area contributed by atoms with Crippen LogP contribution >= 0.6 is 0 Å². The Morgan fingerprint density at radius 2 is 2.14 bits per heavy atom. The van der Waals surface area contributed by atoms with Crippen LogP contribution in [-0.4, -0.2) is 34.4 Å². The van der Waals surface area contributed by atoms with Crippen LogP contribution in [-0.2, 0) is 11.2 Å². The lowest BCUT2D eigenvalue weighted by Crippen LogP contribution is -2.50. The summed E-state index contributed by atoms with van der Waals surface area (Å²) in [6, 6.07) is 6.81. The number of nitrogens with one attached hydrogen (secondary N) is 2. The number of carbonyl (C=O) groups excluding carboxylic acids is 2. The van der Waals surface area contributed by atoms with Crippen LogP contribution in [0.1, 0.15) is 31.1 Å². The topological polar surface area (TPSA) is 91.2 Å². The normalized spacial score (nSPS) is 18.8. The summed E-state index contributed by atoms with van der Waals surface area (Å²) in [4.78, 5) is 28.7. The van der Waals surface area contributed by atoms with Crippen LogP contribution in [0, 0.1) is 0 Å². The molecule has 0 fully saturated rings. The van der Waals surface area contributed by atoms with Crippen molar-refractivity contribution in [3.8, 4) is 0 Å². The molecule has 4 N–H and O–H groups in total. The maximum absolute atomic E-state index is 12.5. The number of amides is 3. The number of aromatic amines is 1. The predicted octanol–water partition coefficient (Wildman–Crippen LogP) is 1.67. The predicted molar refractivity (Wildman–Crippen MR) is 84.3 cm³/mol. The standard InChI is InChI=1S/C16H20N4O2/c1-9(18-16(17)22)15(21)20-8-7-12-11-5-3-4-6-13(11)19-14(12)10(20)2/h3-6,9-10,19H,7-8H2,1-2H3,(H3,17,18,22)/t9-,10-/m1/s1. The molecular weight excluding hydrogens is 280 g/mol. The fraction of sp³-hybridized carbons (Fsp3) is 0.375. The Labute approximate surface area is 128 Å². The second-order valence-electron chi connectivity index (χ2n) is 5.75. The third-order valence-corrected chi connectivity index (χ3v) is 4.35. The first kappa shape index (κ1) is 14.4. The van der Waals surface area contributed by atoms with Crippen molar-refractivity contribution in [1.82, 2.24) is 15.2 Å². The summed E-state index contributed by atoms with van der Waals surface area (Å²) in [7, 11) is 0. The number of urea groups is 1. The number of H-pyrrole nitrogens is 1. The van der Waals surface area contributed by atoms with Crippen LogP contribution in [0.3, 0.4) is 0 Å². The number of fused-ring (bicyclic) bond motifs is 3. The van der Waals surface area contributed by atoms with Gasteiger partial charge in [-0.1, -0.05) is 18.2 Å². The van der Waals surface area contributed by atoms with Crippen molar-refractivity contribution in [3.05, 3.63) is 35.5 Å². The SMILES string of the molecule is C[C@@H]1c2[nH]c3ccccc3c2CCN1C(=O)[C@@H](C)NC(N)=O. The molecule has 2 atom stereocenters. The first-order valence-electron chi connectivity index (χ1n) is 7.45. The molecule has 0 saturated heterocycles. The average Bonchev–Trinajstić information content (AvgIpc) is 2.86. The maximum atomic E-state index is 12.5. The lowest BCUT2D eigenvalue weighted by Gasteiger charge is -2.35. The Morgan fingerprint density at radius 1 is 1.41 bits per heavy atom. The number of benzene rings is 1. The molecule has 116 valence electrons. The smallest absolute Gasteiger partial charge is 0.312 e. The molecule has 6 nitrogen and oxygen atoms in total. The molecule has 0 saturated carbocycles. The van der Waals surface area contributed by atoms with Gasteiger partial charge in [-0.15, -0.1) is 0 Å². The third-order valence-electron chi connectivity index (χ3n) is 4.35. The van der Waals surface area contributed by atoms with Gasteiger partial charge in [0.05, 0.1) is 6.04 Å². The lowest BCUT2D eigenvalue weighted by molar-refractivity contribution is -0.135. The van der Waals surface area contributed by atoms with Crippen LogP contribution in [0.25, 0.3) is 10.9 Å². The molecule has 6 heteroatoms. The molecule has 0 aliphatic carbocycles. The van der Waals surface area contributed by atoms with Crippen molar-refractivity contribution < 1.29 is 9.59 Å². The molecule has 0 spiro atoms. The Kier molecular flexibility index (Phi) is 3.52. The summed E-state index contributed by atoms with van der Waals surface area (Å²) in [6.45, 7) is 4.29. The van der Waals surface area contributed by atoms with Crippen molar-refractivity contribution in [2.75, 3.05) is 6.54 Å². The second-order valence-corrected chi connectivity index (χ2v) is 5.75. The van der Waals surface area contributed by atoms with E-state index in [9.17, 15) is 9.59 Å². The van der Waals surface area contributed by atoms with Gasteiger partial charge in [-0.3, -0.25) is 4.79 Å². The van der Waals surface area contributed by atoms with Crippen molar-refractivity contribution in [1.29, 1.82) is 0 Å². The molecule has 2 heterocycles. The van der Waals surface area contributed by atoms with E-state index in [0.717, 1.165) is 17.6 Å². The highest BCUT2D eigenvalue weighted by Crippen LogP contribution is 2.34. The van der Waals surface area contributed by atoms with E-state index in [1.54, 1.807) is 11.8 Å². The summed E-state index contributed by atoms with van der Waals surface area (Å²) in [5.74, 6) is -0.115. The van der Waals surface area contributed by atoms with Crippen molar-refractivity contribution in [2.24, 2.45) is 5.73 Å². The highest BCUT2D eigenvalue weighted by Gasteiger charge is 2.32. The van der Waals surface area contributed by atoms with Crippen molar-refractivity contribution in [2.45, 2.75) is 32.4 Å². The Hall–Kier alpha value is -2.50. The van der Waals surface area contributed by atoms with Crippen LogP contribution in [0.2, 0.25) is 0 Å². The van der Waals surface area contributed by atoms with E-state index in [4.69, 9.17) is 5.73 Å². The molecule has 0 bridgehead atoms. The minimum atomic E-state index is -0.684. The molecule has 1 aromatic heterocycles. The zero-order chi connectivity index (χ0) is 15.9. The third kappa shape index (κ3) is 2.30. The number of nitrogens with two attached hydrogens (primary N) is 1. The van der Waals surface area contributed by atoms with Gasteiger partial charge in [-0.05, 0) is 31.9 Å². The fourth-order valence-corrected chi connectivity index (χ4v) is 3.25. The van der Waals surface area contributed by atoms with E-state index in [1.807, 2.05) is 25.1 Å². The summed E-state index contributed by atoms with van der Waals surface area (Å²) in [5.41, 5.74) is 8.55. The van der Waals surface area contributed by atoms with E-state index in [2.05, 4.69) is 16.4 Å². The lowest BCUT2D eigenvalue weighted by atomic mass is 9.97. The molecule has 0 radical (unpaired) electrons. The van der Waals surface area contributed by atoms with Gasteiger partial charge in [0.15, 0.2) is 0 Å². The van der Waals surface area contributed by atoms with Gasteiger partial charge in [0.1, 0.15) is 6.04 Å². The largest absolute Gasteiger partial charge is 0.356 e. The Morgan fingerprint density at radius 3 is 2.86 bits per heavy atom. The van der Waals surface area contributed by atoms with E-state index in [-0.39, 0.29) is 11.9 Å². The van der Waals surface area contributed by atoms with Gasteiger partial charge < -0.3 is 20.9 Å². The van der Waals surface area contributed by atoms with Crippen LogP contribution in [0.5, 0.6) is 0 Å². The number of rotatable bonds is 2. The fourth-order valence-electron chi connectivity index (χ4n) is 3.25. The molecule has 3 amide bonds. The molecular formula is C16H20N4O2. The number of para-hydroxylation sites is 1. The summed E-state index contributed by atoms with van der Waals surface area (Å²) >= 11 is 0. The highest BCUT2D eigenvalue weighted by atomic mass is 16.2. The minimum Gasteiger partial charge on any atom is -0.356 e. The van der Waals surface area contributed by atoms with Gasteiger partial charge in [-0.25, -0.2) is 4.79 Å². The number of hydrogen-bond acceptors (Lipinski definition) is 2. The molecule has 22 heavy (non-hydrogen) atoms. The second kappa shape index (κ2) is 5.36. The molecule has 1 aliphatic heterocycles. The van der Waals surface area contributed by atoms with E-state index in [1.165, 1.54) is 10.9 Å². The quantitative estimate of drug-likeness (QED) is 0.787. The van der Waals surface area contributed by atoms with Crippen molar-refractivity contribution >= 4 is 22.8 Å². The van der Waals surface area contributed by atoms with Crippen LogP contribution in [0.15, 0.2) is 24.3 Å². The first-order chi connectivity index (χ1) is 10.5. The summed E-state index contributed by atoms with van der Waals surface area (Å²) in [5, 5.41) is 3.67. The molecule has 0 unspecified atom stereocenters. The molecule has 1 aliphatic rings. The van der Waals surface area contributed by atoms with E-state index in [0.29, 0.717) is 6.54 Å². The van der Waals surface area contributed by atoms with Crippen molar-refractivity contribution in [3.63, 3.8) is 0 Å². The first-order valence-corrected chi connectivity index (χ1v) is 7.45. The zero-order valence-corrected chi connectivity index (χ0v) is 12.7. The summed E-state index contributed by atoms with van der Waals surface area (Å²) in [6.07, 6.45) is 0.804. The van der Waals surface area contributed by atoms with Gasteiger partial charge in [0.25, 0.3) is 0 Å². The molecule has 2 aromatic rings. The molecule has 1 aromatic carbocycles. The number of hydrogen-bond donors (Lipinski definition) is 3. The maximum Gasteiger partial charge on any atom is 0.312 e. The Balaban J connectivity index is 1.89. The van der Waals surface area contributed by atoms with Gasteiger partial charge in [0.2, 0.25) is 5.91 Å². The van der Waals surface area contributed by atoms with E-state index < -0.39 is 12.1 Å². The minimum absolute atomic E-state index is 0.0548. The van der Waals surface area contributed by atoms with E-state index >= 15 is 0 Å². The average molecular weight is 300 g/mol. The van der Waals surface area contributed by atoms with Crippen LogP contribution in [0.4, 0.5) is 4.79 Å². The van der Waals surface area contributed by atoms with Gasteiger partial charge >= 0.3 is 6.03 Å². The number of primary amides is 1. The summed E-state index contributed by atoms with van der Waals surface area (Å²) < 4.78 is 0. The number of carbonyl (C=O) groups is 2. The molecule has 3 rings (SSSR count).